The third-order valence-corrected chi connectivity index (χ3v) is 5.01. The Bertz CT molecular complexity index is 592. The number of benzene rings is 1. The molecule has 0 atom stereocenters. The SMILES string of the molecule is COc1cc(CC2CCNCC2)c(OC)c(S(C)(=O)=O)c1. The number of methoxy groups -OCH3 is 2. The lowest BCUT2D eigenvalue weighted by molar-refractivity contribution is 0.354. The molecule has 0 radical (unpaired) electrons. The van der Waals surface area contributed by atoms with E-state index < -0.39 is 9.84 Å². The maximum atomic E-state index is 12.0. The Labute approximate surface area is 126 Å². The van der Waals surface area contributed by atoms with E-state index in [0.717, 1.165) is 37.9 Å². The summed E-state index contributed by atoms with van der Waals surface area (Å²) in [7, 11) is -0.299. The molecule has 1 aromatic carbocycles. The summed E-state index contributed by atoms with van der Waals surface area (Å²) in [6.07, 6.45) is 4.19. The lowest BCUT2D eigenvalue weighted by Crippen LogP contribution is -2.28. The van der Waals surface area contributed by atoms with Gasteiger partial charge in [0.1, 0.15) is 16.4 Å². The van der Waals surface area contributed by atoms with Gasteiger partial charge in [0, 0.05) is 12.3 Å². The Morgan fingerprint density at radius 1 is 1.19 bits per heavy atom. The van der Waals surface area contributed by atoms with Crippen LogP contribution in [-0.4, -0.2) is 42.0 Å². The molecule has 0 aliphatic carbocycles. The number of nitrogens with one attached hydrogen (secondary N) is 1. The molecule has 118 valence electrons. The van der Waals surface area contributed by atoms with E-state index in [1.165, 1.54) is 19.4 Å². The minimum atomic E-state index is -3.36. The van der Waals surface area contributed by atoms with Crippen molar-refractivity contribution >= 4 is 9.84 Å². The number of ether oxygens (including phenoxy) is 2. The summed E-state index contributed by atoms with van der Waals surface area (Å²) in [6, 6.07) is 3.41. The van der Waals surface area contributed by atoms with Crippen LogP contribution in [0.15, 0.2) is 17.0 Å². The molecule has 1 aromatic rings. The molecule has 0 amide bonds. The highest BCUT2D eigenvalue weighted by Crippen LogP contribution is 2.35. The second-order valence-electron chi connectivity index (χ2n) is 5.49. The minimum Gasteiger partial charge on any atom is -0.497 e. The van der Waals surface area contributed by atoms with Crippen LogP contribution < -0.4 is 14.8 Å². The van der Waals surface area contributed by atoms with Crippen LogP contribution in [0.25, 0.3) is 0 Å². The fourth-order valence-electron chi connectivity index (χ4n) is 2.81. The van der Waals surface area contributed by atoms with E-state index in [-0.39, 0.29) is 4.90 Å². The molecule has 1 heterocycles. The molecule has 0 unspecified atom stereocenters. The van der Waals surface area contributed by atoms with Crippen molar-refractivity contribution in [1.82, 2.24) is 5.32 Å². The monoisotopic (exact) mass is 313 g/mol. The Morgan fingerprint density at radius 2 is 1.86 bits per heavy atom. The topological polar surface area (TPSA) is 64.6 Å². The molecular weight excluding hydrogens is 290 g/mol. The normalized spacial score (nSPS) is 16.7. The summed E-state index contributed by atoms with van der Waals surface area (Å²) in [5.74, 6) is 1.55. The summed E-state index contributed by atoms with van der Waals surface area (Å²) in [5.41, 5.74) is 0.907. The number of hydrogen-bond donors (Lipinski definition) is 1. The van der Waals surface area contributed by atoms with Gasteiger partial charge in [-0.1, -0.05) is 0 Å². The third kappa shape index (κ3) is 3.89. The van der Waals surface area contributed by atoms with Crippen molar-refractivity contribution in [3.8, 4) is 11.5 Å². The second kappa shape index (κ2) is 6.66. The van der Waals surface area contributed by atoms with Crippen LogP contribution in [0.1, 0.15) is 18.4 Å². The molecule has 1 saturated heterocycles. The first-order valence-corrected chi connectivity index (χ1v) is 9.00. The fourth-order valence-corrected chi connectivity index (χ4v) is 3.69. The molecule has 5 nitrogen and oxygen atoms in total. The number of piperidine rings is 1. The maximum absolute atomic E-state index is 12.0. The lowest BCUT2D eigenvalue weighted by atomic mass is 9.90. The van der Waals surface area contributed by atoms with E-state index in [9.17, 15) is 8.42 Å². The molecule has 1 aliphatic rings. The van der Waals surface area contributed by atoms with Gasteiger partial charge in [-0.3, -0.25) is 0 Å². The standard InChI is InChI=1S/C15H23NO4S/c1-19-13-9-12(8-11-4-6-16-7-5-11)15(20-2)14(10-13)21(3,17)18/h9-11,16H,4-8H2,1-3H3. The largest absolute Gasteiger partial charge is 0.497 e. The molecule has 6 heteroatoms. The molecule has 1 fully saturated rings. The summed E-state index contributed by atoms with van der Waals surface area (Å²) in [6.45, 7) is 2.02. The van der Waals surface area contributed by atoms with Crippen molar-refractivity contribution in [2.75, 3.05) is 33.6 Å². The van der Waals surface area contributed by atoms with Crippen LogP contribution in [0.5, 0.6) is 11.5 Å². The first kappa shape index (κ1) is 16.1. The molecular formula is C15H23NO4S. The van der Waals surface area contributed by atoms with Gasteiger partial charge in [-0.05, 0) is 49.9 Å². The van der Waals surface area contributed by atoms with E-state index in [1.807, 2.05) is 6.07 Å². The van der Waals surface area contributed by atoms with Crippen molar-refractivity contribution in [2.24, 2.45) is 5.92 Å². The van der Waals surface area contributed by atoms with Gasteiger partial charge in [-0.15, -0.1) is 0 Å². The first-order chi connectivity index (χ1) is 9.95. The van der Waals surface area contributed by atoms with Crippen molar-refractivity contribution in [2.45, 2.75) is 24.2 Å². The summed E-state index contributed by atoms with van der Waals surface area (Å²) < 4.78 is 34.6. The predicted octanol–water partition coefficient (Wildman–Crippen LogP) is 1.65. The number of hydrogen-bond acceptors (Lipinski definition) is 5. The molecule has 1 N–H and O–H groups in total. The fraction of sp³-hybridized carbons (Fsp3) is 0.600. The van der Waals surface area contributed by atoms with Gasteiger partial charge in [0.15, 0.2) is 9.84 Å². The number of rotatable bonds is 5. The quantitative estimate of drug-likeness (QED) is 0.895. The van der Waals surface area contributed by atoms with Gasteiger partial charge < -0.3 is 14.8 Å². The molecule has 1 aliphatic heterocycles. The van der Waals surface area contributed by atoms with E-state index >= 15 is 0 Å². The Hall–Kier alpha value is -1.27. The summed E-state index contributed by atoms with van der Waals surface area (Å²) in [4.78, 5) is 0.202. The average molecular weight is 313 g/mol. The Morgan fingerprint density at radius 3 is 2.38 bits per heavy atom. The molecule has 21 heavy (non-hydrogen) atoms. The highest BCUT2D eigenvalue weighted by atomic mass is 32.2. The minimum absolute atomic E-state index is 0.202. The molecule has 2 rings (SSSR count). The molecule has 0 saturated carbocycles. The zero-order valence-electron chi connectivity index (χ0n) is 12.8. The first-order valence-electron chi connectivity index (χ1n) is 7.11. The summed E-state index contributed by atoms with van der Waals surface area (Å²) in [5, 5.41) is 3.34. The molecule has 0 spiro atoms. The zero-order chi connectivity index (χ0) is 15.5. The van der Waals surface area contributed by atoms with Gasteiger partial charge in [0.2, 0.25) is 0 Å². The van der Waals surface area contributed by atoms with Gasteiger partial charge in [0.25, 0.3) is 0 Å². The van der Waals surface area contributed by atoms with Crippen molar-refractivity contribution in [3.05, 3.63) is 17.7 Å². The predicted molar refractivity (Wildman–Crippen MR) is 82.0 cm³/mol. The molecule has 0 aromatic heterocycles. The lowest BCUT2D eigenvalue weighted by Gasteiger charge is -2.24. The van der Waals surface area contributed by atoms with Gasteiger partial charge >= 0.3 is 0 Å². The van der Waals surface area contributed by atoms with Gasteiger partial charge in [-0.2, -0.15) is 0 Å². The van der Waals surface area contributed by atoms with E-state index in [1.54, 1.807) is 7.11 Å². The van der Waals surface area contributed by atoms with E-state index in [4.69, 9.17) is 9.47 Å². The average Bonchev–Trinajstić information content (AvgIpc) is 2.46. The summed E-state index contributed by atoms with van der Waals surface area (Å²) >= 11 is 0. The Kier molecular flexibility index (Phi) is 5.11. The smallest absolute Gasteiger partial charge is 0.179 e. The van der Waals surface area contributed by atoms with Gasteiger partial charge in [0.05, 0.1) is 14.2 Å². The number of sulfone groups is 1. The van der Waals surface area contributed by atoms with Crippen LogP contribution in [0, 0.1) is 5.92 Å². The van der Waals surface area contributed by atoms with E-state index in [2.05, 4.69) is 5.32 Å². The van der Waals surface area contributed by atoms with Crippen molar-refractivity contribution < 1.29 is 17.9 Å². The zero-order valence-corrected chi connectivity index (χ0v) is 13.6. The van der Waals surface area contributed by atoms with Gasteiger partial charge in [-0.25, -0.2) is 8.42 Å². The van der Waals surface area contributed by atoms with Crippen LogP contribution in [-0.2, 0) is 16.3 Å². The second-order valence-corrected chi connectivity index (χ2v) is 7.47. The maximum Gasteiger partial charge on any atom is 0.179 e. The van der Waals surface area contributed by atoms with Crippen molar-refractivity contribution in [1.29, 1.82) is 0 Å². The Balaban J connectivity index is 2.42. The van der Waals surface area contributed by atoms with Crippen LogP contribution in [0.2, 0.25) is 0 Å². The highest BCUT2D eigenvalue weighted by Gasteiger charge is 2.22. The van der Waals surface area contributed by atoms with Crippen molar-refractivity contribution in [3.63, 3.8) is 0 Å². The van der Waals surface area contributed by atoms with Crippen LogP contribution in [0.3, 0.4) is 0 Å². The highest BCUT2D eigenvalue weighted by molar-refractivity contribution is 7.90. The van der Waals surface area contributed by atoms with E-state index in [0.29, 0.717) is 17.4 Å². The van der Waals surface area contributed by atoms with Crippen LogP contribution >= 0.6 is 0 Å². The third-order valence-electron chi connectivity index (χ3n) is 3.91. The molecule has 0 bridgehead atoms. The van der Waals surface area contributed by atoms with Crippen LogP contribution in [0.4, 0.5) is 0 Å².